The van der Waals surface area contributed by atoms with Crippen molar-refractivity contribution in [1.82, 2.24) is 10.2 Å². The van der Waals surface area contributed by atoms with Crippen LogP contribution in [0.5, 0.6) is 0 Å². The van der Waals surface area contributed by atoms with Gasteiger partial charge < -0.3 is 10.2 Å². The predicted molar refractivity (Wildman–Crippen MR) is 53.9 cm³/mol. The maximum absolute atomic E-state index is 11.6. The minimum atomic E-state index is -0.353. The van der Waals surface area contributed by atoms with Crippen molar-refractivity contribution >= 4 is 11.7 Å². The second kappa shape index (κ2) is 4.55. The zero-order valence-corrected chi connectivity index (χ0v) is 9.04. The third kappa shape index (κ3) is 2.80. The van der Waals surface area contributed by atoms with Crippen LogP contribution in [0.1, 0.15) is 20.3 Å². The van der Waals surface area contributed by atoms with Crippen LogP contribution in [-0.2, 0) is 9.59 Å². The highest BCUT2D eigenvalue weighted by molar-refractivity contribution is 5.88. The van der Waals surface area contributed by atoms with E-state index in [0.29, 0.717) is 0 Å². The lowest BCUT2D eigenvalue weighted by Gasteiger charge is -2.14. The first kappa shape index (κ1) is 11.2. The summed E-state index contributed by atoms with van der Waals surface area (Å²) in [6.07, 6.45) is 0.896. The van der Waals surface area contributed by atoms with Crippen LogP contribution in [0.4, 0.5) is 0 Å². The fraction of sp³-hybridized carbons (Fsp3) is 0.800. The summed E-state index contributed by atoms with van der Waals surface area (Å²) in [6, 6.07) is -0.353. The Bertz CT molecular complexity index is 240. The molecule has 0 aromatic heterocycles. The van der Waals surface area contributed by atoms with Gasteiger partial charge in [0.05, 0.1) is 12.0 Å². The molecule has 0 aromatic rings. The van der Waals surface area contributed by atoms with E-state index in [2.05, 4.69) is 10.2 Å². The van der Waals surface area contributed by atoms with E-state index in [1.54, 1.807) is 6.92 Å². The quantitative estimate of drug-likeness (QED) is 0.696. The molecule has 0 bridgehead atoms. The Morgan fingerprint density at radius 3 is 2.57 bits per heavy atom. The highest BCUT2D eigenvalue weighted by atomic mass is 16.2. The van der Waals surface area contributed by atoms with Crippen molar-refractivity contribution in [3.05, 3.63) is 0 Å². The molecule has 4 nitrogen and oxygen atoms in total. The zero-order valence-electron chi connectivity index (χ0n) is 9.04. The van der Waals surface area contributed by atoms with Crippen molar-refractivity contribution in [2.75, 3.05) is 20.1 Å². The Morgan fingerprint density at radius 2 is 2.14 bits per heavy atom. The number of amides is 1. The van der Waals surface area contributed by atoms with E-state index in [9.17, 15) is 9.59 Å². The molecule has 4 heteroatoms. The SMILES string of the molecule is CC(=O)C(C)NC(=O)C1CCN(C)C1. The van der Waals surface area contributed by atoms with Gasteiger partial charge in [-0.15, -0.1) is 0 Å². The molecule has 14 heavy (non-hydrogen) atoms. The van der Waals surface area contributed by atoms with Gasteiger partial charge in [-0.3, -0.25) is 9.59 Å². The molecule has 0 saturated carbocycles. The Kier molecular flexibility index (Phi) is 3.63. The second-order valence-electron chi connectivity index (χ2n) is 4.09. The van der Waals surface area contributed by atoms with Crippen LogP contribution in [0.2, 0.25) is 0 Å². The van der Waals surface area contributed by atoms with Crippen LogP contribution in [-0.4, -0.2) is 42.8 Å². The topological polar surface area (TPSA) is 49.4 Å². The minimum absolute atomic E-state index is 0.00435. The Hall–Kier alpha value is -0.900. The third-order valence-corrected chi connectivity index (χ3v) is 2.73. The summed E-state index contributed by atoms with van der Waals surface area (Å²) in [4.78, 5) is 24.7. The fourth-order valence-corrected chi connectivity index (χ4v) is 1.58. The molecule has 1 amide bonds. The van der Waals surface area contributed by atoms with Crippen molar-refractivity contribution in [2.24, 2.45) is 5.92 Å². The summed E-state index contributed by atoms with van der Waals surface area (Å²) < 4.78 is 0. The summed E-state index contributed by atoms with van der Waals surface area (Å²) in [7, 11) is 2.00. The van der Waals surface area contributed by atoms with Crippen molar-refractivity contribution in [3.63, 3.8) is 0 Å². The first-order chi connectivity index (χ1) is 6.50. The van der Waals surface area contributed by atoms with Crippen LogP contribution in [0.3, 0.4) is 0 Å². The summed E-state index contributed by atoms with van der Waals surface area (Å²) >= 11 is 0. The van der Waals surface area contributed by atoms with Gasteiger partial charge in [-0.1, -0.05) is 0 Å². The lowest BCUT2D eigenvalue weighted by atomic mass is 10.1. The molecule has 0 aromatic carbocycles. The van der Waals surface area contributed by atoms with E-state index >= 15 is 0 Å². The van der Waals surface area contributed by atoms with Crippen LogP contribution in [0.15, 0.2) is 0 Å². The lowest BCUT2D eigenvalue weighted by Crippen LogP contribution is -2.41. The second-order valence-corrected chi connectivity index (χ2v) is 4.09. The molecule has 0 spiro atoms. The van der Waals surface area contributed by atoms with Gasteiger partial charge in [-0.25, -0.2) is 0 Å². The van der Waals surface area contributed by atoms with Gasteiger partial charge in [0, 0.05) is 6.54 Å². The number of nitrogens with zero attached hydrogens (tertiary/aromatic N) is 1. The minimum Gasteiger partial charge on any atom is -0.346 e. The van der Waals surface area contributed by atoms with Gasteiger partial charge in [0.25, 0.3) is 0 Å². The molecule has 0 aliphatic carbocycles. The van der Waals surface area contributed by atoms with Gasteiger partial charge in [0.1, 0.15) is 0 Å². The number of carbonyl (C=O) groups is 2. The number of likely N-dealkylation sites (tertiary alicyclic amines) is 1. The molecule has 1 aliphatic heterocycles. The number of hydrogen-bond donors (Lipinski definition) is 1. The van der Waals surface area contributed by atoms with Crippen LogP contribution in [0.25, 0.3) is 0 Å². The molecule has 2 unspecified atom stereocenters. The van der Waals surface area contributed by atoms with Gasteiger partial charge in [0.2, 0.25) is 5.91 Å². The van der Waals surface area contributed by atoms with Crippen molar-refractivity contribution in [2.45, 2.75) is 26.3 Å². The smallest absolute Gasteiger partial charge is 0.225 e. The summed E-state index contributed by atoms with van der Waals surface area (Å²) in [6.45, 7) is 4.98. The molecule has 1 fully saturated rings. The molecular weight excluding hydrogens is 180 g/mol. The fourth-order valence-electron chi connectivity index (χ4n) is 1.58. The lowest BCUT2D eigenvalue weighted by molar-refractivity contribution is -0.128. The van der Waals surface area contributed by atoms with Gasteiger partial charge in [0.15, 0.2) is 5.78 Å². The normalized spacial score (nSPS) is 24.6. The Morgan fingerprint density at radius 1 is 1.50 bits per heavy atom. The summed E-state index contributed by atoms with van der Waals surface area (Å²) in [5, 5.41) is 2.73. The monoisotopic (exact) mass is 198 g/mol. The molecule has 2 atom stereocenters. The average Bonchev–Trinajstić information content (AvgIpc) is 2.51. The van der Waals surface area contributed by atoms with E-state index < -0.39 is 0 Å². The third-order valence-electron chi connectivity index (χ3n) is 2.73. The number of ketones is 1. The van der Waals surface area contributed by atoms with Gasteiger partial charge in [-0.2, -0.15) is 0 Å². The van der Waals surface area contributed by atoms with E-state index in [1.807, 2.05) is 7.05 Å². The number of rotatable bonds is 3. The average molecular weight is 198 g/mol. The van der Waals surface area contributed by atoms with Crippen molar-refractivity contribution < 1.29 is 9.59 Å². The standard InChI is InChI=1S/C10H18N2O2/c1-7(8(2)13)11-10(14)9-4-5-12(3)6-9/h7,9H,4-6H2,1-3H3,(H,11,14). The van der Waals surface area contributed by atoms with Crippen molar-refractivity contribution in [3.8, 4) is 0 Å². The number of Topliss-reactive ketones (excluding diaryl/α,β-unsaturated/α-hetero) is 1. The summed E-state index contributed by atoms with van der Waals surface area (Å²) in [5.74, 6) is 0.0727. The van der Waals surface area contributed by atoms with Gasteiger partial charge >= 0.3 is 0 Å². The molecule has 80 valence electrons. The molecule has 1 rings (SSSR count). The first-order valence-corrected chi connectivity index (χ1v) is 5.00. The van der Waals surface area contributed by atoms with E-state index in [-0.39, 0.29) is 23.7 Å². The molecular formula is C10H18N2O2. The van der Waals surface area contributed by atoms with Crippen molar-refractivity contribution in [1.29, 1.82) is 0 Å². The largest absolute Gasteiger partial charge is 0.346 e. The molecule has 1 heterocycles. The molecule has 1 saturated heterocycles. The van der Waals surface area contributed by atoms with Gasteiger partial charge in [-0.05, 0) is 33.9 Å². The highest BCUT2D eigenvalue weighted by Gasteiger charge is 2.27. The van der Waals surface area contributed by atoms with E-state index in [1.165, 1.54) is 6.92 Å². The number of carbonyl (C=O) groups excluding carboxylic acids is 2. The van der Waals surface area contributed by atoms with Crippen LogP contribution < -0.4 is 5.32 Å². The van der Waals surface area contributed by atoms with Crippen LogP contribution >= 0.6 is 0 Å². The van der Waals surface area contributed by atoms with Crippen LogP contribution in [0, 0.1) is 5.92 Å². The maximum atomic E-state index is 11.6. The maximum Gasteiger partial charge on any atom is 0.225 e. The Balaban J connectivity index is 2.39. The zero-order chi connectivity index (χ0) is 10.7. The number of hydrogen-bond acceptors (Lipinski definition) is 3. The molecule has 1 N–H and O–H groups in total. The Labute approximate surface area is 84.7 Å². The predicted octanol–water partition coefficient (Wildman–Crippen LogP) is 0.0318. The molecule has 1 aliphatic rings. The molecule has 0 radical (unpaired) electrons. The first-order valence-electron chi connectivity index (χ1n) is 5.00. The number of nitrogens with one attached hydrogen (secondary N) is 1. The summed E-state index contributed by atoms with van der Waals surface area (Å²) in [5.41, 5.74) is 0. The van der Waals surface area contributed by atoms with E-state index in [0.717, 1.165) is 19.5 Å². The van der Waals surface area contributed by atoms with E-state index in [4.69, 9.17) is 0 Å². The highest BCUT2D eigenvalue weighted by Crippen LogP contribution is 2.14.